The molecule has 0 radical (unpaired) electrons. The molecular formula is C20H14N4O5. The van der Waals surface area contributed by atoms with E-state index in [2.05, 4.69) is 15.3 Å². The van der Waals surface area contributed by atoms with Crippen LogP contribution in [0.15, 0.2) is 63.8 Å². The van der Waals surface area contributed by atoms with Crippen molar-refractivity contribution in [2.75, 3.05) is 0 Å². The van der Waals surface area contributed by atoms with Gasteiger partial charge in [0.1, 0.15) is 5.75 Å². The van der Waals surface area contributed by atoms with Crippen LogP contribution in [-0.4, -0.2) is 25.3 Å². The van der Waals surface area contributed by atoms with Gasteiger partial charge in [0.05, 0.1) is 16.7 Å². The number of nitro benzene ring substituents is 1. The third-order valence-corrected chi connectivity index (χ3v) is 4.20. The molecule has 0 aliphatic heterocycles. The fourth-order valence-electron chi connectivity index (χ4n) is 2.82. The summed E-state index contributed by atoms with van der Waals surface area (Å²) >= 11 is 0. The number of aromatic hydroxyl groups is 1. The summed E-state index contributed by atoms with van der Waals surface area (Å²) in [5, 5.41) is 28.9. The smallest absolute Gasteiger partial charge is 0.269 e. The highest BCUT2D eigenvalue weighted by Gasteiger charge is 2.18. The Bertz CT molecular complexity index is 1210. The molecule has 9 nitrogen and oxygen atoms in total. The van der Waals surface area contributed by atoms with Gasteiger partial charge in [-0.05, 0) is 35.9 Å². The Kier molecular flexibility index (Phi) is 4.62. The molecule has 4 rings (SSSR count). The molecular weight excluding hydrogens is 376 g/mol. The van der Waals surface area contributed by atoms with Gasteiger partial charge in [0.15, 0.2) is 5.76 Å². The predicted molar refractivity (Wildman–Crippen MR) is 103 cm³/mol. The third kappa shape index (κ3) is 3.61. The van der Waals surface area contributed by atoms with Crippen LogP contribution in [0.4, 0.5) is 5.69 Å². The SMILES string of the molecule is Cc1nc(/C(=C\c2cnoc2-c2ccccc2O)c2ccc([N+](=O)[O-])cc2)no1. The molecule has 0 aliphatic rings. The quantitative estimate of drug-likeness (QED) is 0.396. The van der Waals surface area contributed by atoms with E-state index in [-0.39, 0.29) is 11.4 Å². The number of phenolic OH excluding ortho intramolecular Hbond substituents is 1. The minimum Gasteiger partial charge on any atom is -0.507 e. The van der Waals surface area contributed by atoms with E-state index in [4.69, 9.17) is 9.05 Å². The van der Waals surface area contributed by atoms with Gasteiger partial charge in [-0.1, -0.05) is 22.4 Å². The van der Waals surface area contributed by atoms with Gasteiger partial charge in [0.25, 0.3) is 5.69 Å². The van der Waals surface area contributed by atoms with E-state index in [9.17, 15) is 15.2 Å². The zero-order valence-electron chi connectivity index (χ0n) is 15.1. The van der Waals surface area contributed by atoms with E-state index in [0.29, 0.717) is 39.7 Å². The van der Waals surface area contributed by atoms with E-state index in [1.807, 2.05) is 0 Å². The molecule has 0 atom stereocenters. The second kappa shape index (κ2) is 7.39. The van der Waals surface area contributed by atoms with Crippen molar-refractivity contribution in [1.82, 2.24) is 15.3 Å². The number of rotatable bonds is 5. The Morgan fingerprint density at radius 1 is 1.14 bits per heavy atom. The average Bonchev–Trinajstić information content (AvgIpc) is 3.35. The summed E-state index contributed by atoms with van der Waals surface area (Å²) in [4.78, 5) is 14.7. The van der Waals surface area contributed by atoms with Crippen LogP contribution in [-0.2, 0) is 0 Å². The molecule has 0 bridgehead atoms. The number of non-ortho nitro benzene ring substituents is 1. The second-order valence-corrected chi connectivity index (χ2v) is 6.13. The summed E-state index contributed by atoms with van der Waals surface area (Å²) in [6, 6.07) is 12.7. The maximum absolute atomic E-state index is 11.0. The molecule has 0 saturated heterocycles. The largest absolute Gasteiger partial charge is 0.507 e. The third-order valence-electron chi connectivity index (χ3n) is 4.20. The fraction of sp³-hybridized carbons (Fsp3) is 0.0500. The Morgan fingerprint density at radius 3 is 2.55 bits per heavy atom. The number of para-hydroxylation sites is 1. The van der Waals surface area contributed by atoms with Crippen LogP contribution in [0, 0.1) is 17.0 Å². The molecule has 144 valence electrons. The number of hydrogen-bond acceptors (Lipinski definition) is 8. The van der Waals surface area contributed by atoms with E-state index in [0.717, 1.165) is 0 Å². The number of benzene rings is 2. The highest BCUT2D eigenvalue weighted by molar-refractivity contribution is 5.92. The molecule has 2 heterocycles. The van der Waals surface area contributed by atoms with Gasteiger partial charge in [-0.2, -0.15) is 4.98 Å². The lowest BCUT2D eigenvalue weighted by atomic mass is 10.0. The van der Waals surface area contributed by atoms with Gasteiger partial charge >= 0.3 is 0 Å². The predicted octanol–water partition coefficient (Wildman–Crippen LogP) is 4.24. The maximum Gasteiger partial charge on any atom is 0.269 e. The van der Waals surface area contributed by atoms with Crippen LogP contribution in [0.2, 0.25) is 0 Å². The number of aryl methyl sites for hydroxylation is 1. The van der Waals surface area contributed by atoms with Gasteiger partial charge in [-0.15, -0.1) is 0 Å². The number of nitrogens with zero attached hydrogens (tertiary/aromatic N) is 4. The van der Waals surface area contributed by atoms with Crippen molar-refractivity contribution in [2.24, 2.45) is 0 Å². The Labute approximate surface area is 164 Å². The molecule has 0 saturated carbocycles. The van der Waals surface area contributed by atoms with Crippen molar-refractivity contribution in [1.29, 1.82) is 0 Å². The van der Waals surface area contributed by atoms with Crippen molar-refractivity contribution < 1.29 is 19.1 Å². The maximum atomic E-state index is 11.0. The summed E-state index contributed by atoms with van der Waals surface area (Å²) in [5.41, 5.74) is 2.21. The lowest BCUT2D eigenvalue weighted by molar-refractivity contribution is -0.384. The van der Waals surface area contributed by atoms with Gasteiger partial charge in [-0.3, -0.25) is 10.1 Å². The zero-order chi connectivity index (χ0) is 20.4. The summed E-state index contributed by atoms with van der Waals surface area (Å²) in [7, 11) is 0. The summed E-state index contributed by atoms with van der Waals surface area (Å²) < 4.78 is 10.4. The van der Waals surface area contributed by atoms with Crippen molar-refractivity contribution in [3.05, 3.63) is 87.7 Å². The molecule has 1 N–H and O–H groups in total. The monoisotopic (exact) mass is 390 g/mol. The lowest BCUT2D eigenvalue weighted by Crippen LogP contribution is -1.93. The molecule has 0 spiro atoms. The van der Waals surface area contributed by atoms with Crippen molar-refractivity contribution in [2.45, 2.75) is 6.92 Å². The van der Waals surface area contributed by atoms with Crippen molar-refractivity contribution >= 4 is 17.3 Å². The van der Waals surface area contributed by atoms with E-state index < -0.39 is 4.92 Å². The molecule has 4 aromatic rings. The van der Waals surface area contributed by atoms with Crippen molar-refractivity contribution in [3.8, 4) is 17.1 Å². The molecule has 9 heteroatoms. The zero-order valence-corrected chi connectivity index (χ0v) is 15.1. The lowest BCUT2D eigenvalue weighted by Gasteiger charge is -2.05. The highest BCUT2D eigenvalue weighted by atomic mass is 16.6. The molecule has 2 aromatic carbocycles. The Hall–Kier alpha value is -4.27. The Balaban J connectivity index is 1.85. The summed E-state index contributed by atoms with van der Waals surface area (Å²) in [6.45, 7) is 1.66. The van der Waals surface area contributed by atoms with Crippen LogP contribution in [0.3, 0.4) is 0 Å². The molecule has 0 fully saturated rings. The molecule has 0 unspecified atom stereocenters. The molecule has 29 heavy (non-hydrogen) atoms. The first kappa shape index (κ1) is 18.1. The molecule has 0 amide bonds. The molecule has 2 aromatic heterocycles. The van der Waals surface area contributed by atoms with Crippen LogP contribution < -0.4 is 0 Å². The number of hydrogen-bond donors (Lipinski definition) is 1. The van der Waals surface area contributed by atoms with Crippen LogP contribution >= 0.6 is 0 Å². The second-order valence-electron chi connectivity index (χ2n) is 6.13. The van der Waals surface area contributed by atoms with Gasteiger partial charge in [0, 0.05) is 30.2 Å². The van der Waals surface area contributed by atoms with Crippen LogP contribution in [0.25, 0.3) is 23.0 Å². The topological polar surface area (TPSA) is 128 Å². The first-order valence-corrected chi connectivity index (χ1v) is 8.53. The average molecular weight is 390 g/mol. The first-order valence-electron chi connectivity index (χ1n) is 8.53. The summed E-state index contributed by atoms with van der Waals surface area (Å²) in [5.74, 6) is 1.09. The van der Waals surface area contributed by atoms with E-state index in [1.165, 1.54) is 18.3 Å². The normalized spacial score (nSPS) is 11.6. The first-order chi connectivity index (χ1) is 14.0. The van der Waals surface area contributed by atoms with E-state index >= 15 is 0 Å². The minimum absolute atomic E-state index is 0.0303. The number of nitro groups is 1. The Morgan fingerprint density at radius 2 is 1.90 bits per heavy atom. The van der Waals surface area contributed by atoms with Crippen LogP contribution in [0.5, 0.6) is 5.75 Å². The van der Waals surface area contributed by atoms with Gasteiger partial charge in [-0.25, -0.2) is 0 Å². The fourth-order valence-corrected chi connectivity index (χ4v) is 2.82. The van der Waals surface area contributed by atoms with E-state index in [1.54, 1.807) is 49.4 Å². The standard InChI is InChI=1S/C20H14N4O5/c1-12-22-20(23-28-12)17(13-6-8-15(9-7-13)24(26)27)10-14-11-21-29-19(14)16-4-2-3-5-18(16)25/h2-11,25H,1H3/b17-10-. The number of phenols is 1. The minimum atomic E-state index is -0.470. The van der Waals surface area contributed by atoms with Crippen molar-refractivity contribution in [3.63, 3.8) is 0 Å². The van der Waals surface area contributed by atoms with Crippen LogP contribution in [0.1, 0.15) is 22.8 Å². The highest BCUT2D eigenvalue weighted by Crippen LogP contribution is 2.34. The van der Waals surface area contributed by atoms with Gasteiger partial charge in [0.2, 0.25) is 11.7 Å². The summed E-state index contributed by atoms with van der Waals surface area (Å²) in [6.07, 6.45) is 3.23. The number of aromatic nitrogens is 3. The molecule has 0 aliphatic carbocycles. The van der Waals surface area contributed by atoms with Gasteiger partial charge < -0.3 is 14.2 Å².